The van der Waals surface area contributed by atoms with Crippen molar-refractivity contribution in [3.05, 3.63) is 42.0 Å². The maximum Gasteiger partial charge on any atom is 0.138 e. The highest BCUT2D eigenvalue weighted by molar-refractivity contribution is 9.15. The van der Waals surface area contributed by atoms with Gasteiger partial charge in [0.1, 0.15) is 8.07 Å². The van der Waals surface area contributed by atoms with E-state index in [-0.39, 0.29) is 0 Å². The topological polar surface area (TPSA) is 0 Å². The third-order valence-electron chi connectivity index (χ3n) is 3.62. The lowest BCUT2D eigenvalue weighted by Gasteiger charge is -2.19. The Balaban J connectivity index is 2.87. The maximum absolute atomic E-state index is 3.59. The molecule has 1 aromatic carbocycles. The molecule has 1 aromatic rings. The molecular weight excluding hydrogens is 300 g/mol. The fourth-order valence-electron chi connectivity index (χ4n) is 1.95. The van der Waals surface area contributed by atoms with Crippen LogP contribution < -0.4 is 0 Å². The van der Waals surface area contributed by atoms with Gasteiger partial charge in [0.2, 0.25) is 0 Å². The van der Waals surface area contributed by atoms with Gasteiger partial charge in [-0.15, -0.1) is 5.54 Å². The highest BCUT2D eigenvalue weighted by Crippen LogP contribution is 2.21. The van der Waals surface area contributed by atoms with Crippen LogP contribution in [0.3, 0.4) is 0 Å². The number of hydrogen-bond donors (Lipinski definition) is 0. The minimum absolute atomic E-state index is 1.07. The van der Waals surface area contributed by atoms with Crippen LogP contribution in [0.5, 0.6) is 0 Å². The summed E-state index contributed by atoms with van der Waals surface area (Å²) in [6.07, 6.45) is 2.00. The van der Waals surface area contributed by atoms with Gasteiger partial charge >= 0.3 is 0 Å². The summed E-state index contributed by atoms with van der Waals surface area (Å²) in [6.45, 7) is 6.84. The SMILES string of the molecule is CC[Si](C#C/C=C(\Br)c1ccccc1)(CC)CC. The lowest BCUT2D eigenvalue weighted by Crippen LogP contribution is -2.29. The average Bonchev–Trinajstić information content (AvgIpc) is 2.45. The first-order valence-corrected chi connectivity index (χ1v) is 10.0. The van der Waals surface area contributed by atoms with E-state index in [1.54, 1.807) is 0 Å². The Morgan fingerprint density at radius 3 is 2.17 bits per heavy atom. The van der Waals surface area contributed by atoms with Gasteiger partial charge in [0.25, 0.3) is 0 Å². The molecule has 0 heterocycles. The molecule has 2 heteroatoms. The second-order valence-electron chi connectivity index (χ2n) is 4.47. The molecule has 0 aliphatic heterocycles. The fraction of sp³-hybridized carbons (Fsp3) is 0.375. The first-order valence-electron chi connectivity index (χ1n) is 6.61. The lowest BCUT2D eigenvalue weighted by molar-refractivity contribution is 1.20. The Labute approximate surface area is 121 Å². The van der Waals surface area contributed by atoms with Crippen LogP contribution in [0.15, 0.2) is 36.4 Å². The van der Waals surface area contributed by atoms with Crippen LogP contribution >= 0.6 is 15.9 Å². The summed E-state index contributed by atoms with van der Waals surface area (Å²) in [5.74, 6) is 3.28. The van der Waals surface area contributed by atoms with Crippen LogP contribution in [0, 0.1) is 11.5 Å². The quantitative estimate of drug-likeness (QED) is 0.509. The second kappa shape index (κ2) is 7.61. The van der Waals surface area contributed by atoms with Crippen LogP contribution in [0.4, 0.5) is 0 Å². The molecule has 1 rings (SSSR count). The number of hydrogen-bond acceptors (Lipinski definition) is 0. The Morgan fingerprint density at radius 1 is 1.11 bits per heavy atom. The molecule has 0 spiro atoms. The number of allylic oxidation sites excluding steroid dienone is 1. The minimum atomic E-state index is -1.31. The van der Waals surface area contributed by atoms with Gasteiger partial charge in [-0.05, 0) is 39.6 Å². The predicted molar refractivity (Wildman–Crippen MR) is 88.3 cm³/mol. The van der Waals surface area contributed by atoms with E-state index >= 15 is 0 Å². The van der Waals surface area contributed by atoms with E-state index in [2.05, 4.69) is 60.3 Å². The largest absolute Gasteiger partial charge is 0.138 e. The zero-order valence-electron chi connectivity index (χ0n) is 11.5. The number of benzene rings is 1. The molecule has 0 nitrogen and oxygen atoms in total. The van der Waals surface area contributed by atoms with Crippen LogP contribution in [0.2, 0.25) is 18.1 Å². The van der Waals surface area contributed by atoms with Crippen LogP contribution in [-0.4, -0.2) is 8.07 Å². The highest BCUT2D eigenvalue weighted by Gasteiger charge is 2.23. The monoisotopic (exact) mass is 320 g/mol. The normalized spacial score (nSPS) is 11.9. The molecule has 0 fully saturated rings. The molecule has 0 bridgehead atoms. The van der Waals surface area contributed by atoms with Crippen LogP contribution in [0.1, 0.15) is 26.3 Å². The van der Waals surface area contributed by atoms with E-state index in [1.165, 1.54) is 23.7 Å². The van der Waals surface area contributed by atoms with Crippen molar-refractivity contribution < 1.29 is 0 Å². The molecule has 0 saturated heterocycles. The minimum Gasteiger partial charge on any atom is -0.126 e. The number of halogens is 1. The zero-order chi connectivity index (χ0) is 13.4. The second-order valence-corrected chi connectivity index (χ2v) is 10.3. The Morgan fingerprint density at radius 2 is 1.67 bits per heavy atom. The van der Waals surface area contributed by atoms with Gasteiger partial charge in [-0.2, -0.15) is 0 Å². The molecule has 0 unspecified atom stereocenters. The zero-order valence-corrected chi connectivity index (χ0v) is 14.0. The summed E-state index contributed by atoms with van der Waals surface area (Å²) in [5, 5.41) is 0. The molecule has 0 aliphatic carbocycles. The smallest absolute Gasteiger partial charge is 0.126 e. The summed E-state index contributed by atoms with van der Waals surface area (Å²) in [7, 11) is -1.31. The molecule has 0 N–H and O–H groups in total. The van der Waals surface area contributed by atoms with Gasteiger partial charge in [0, 0.05) is 10.6 Å². The number of rotatable bonds is 4. The summed E-state index contributed by atoms with van der Waals surface area (Å²) >= 11 is 3.59. The van der Waals surface area contributed by atoms with Gasteiger partial charge in [0.05, 0.1) is 0 Å². The molecule has 0 radical (unpaired) electrons. The van der Waals surface area contributed by atoms with Crippen molar-refractivity contribution in [2.75, 3.05) is 0 Å². The van der Waals surface area contributed by atoms with Crippen molar-refractivity contribution in [2.24, 2.45) is 0 Å². The van der Waals surface area contributed by atoms with Crippen molar-refractivity contribution in [1.29, 1.82) is 0 Å². The van der Waals surface area contributed by atoms with Crippen molar-refractivity contribution in [3.8, 4) is 11.5 Å². The molecule has 0 aromatic heterocycles. The van der Waals surface area contributed by atoms with Gasteiger partial charge in [-0.3, -0.25) is 0 Å². The van der Waals surface area contributed by atoms with Gasteiger partial charge < -0.3 is 0 Å². The maximum atomic E-state index is 3.59. The Kier molecular flexibility index (Phi) is 6.46. The Hall–Kier alpha value is -0.783. The summed E-state index contributed by atoms with van der Waals surface area (Å²) in [4.78, 5) is 0. The van der Waals surface area contributed by atoms with E-state index in [0.717, 1.165) is 4.48 Å². The van der Waals surface area contributed by atoms with Crippen LogP contribution in [-0.2, 0) is 0 Å². The first kappa shape index (κ1) is 15.3. The molecule has 0 aliphatic rings. The van der Waals surface area contributed by atoms with Gasteiger partial charge in [-0.25, -0.2) is 0 Å². The van der Waals surface area contributed by atoms with Crippen LogP contribution in [0.25, 0.3) is 4.48 Å². The van der Waals surface area contributed by atoms with Crippen molar-refractivity contribution >= 4 is 28.5 Å². The van der Waals surface area contributed by atoms with E-state index in [4.69, 9.17) is 0 Å². The van der Waals surface area contributed by atoms with Gasteiger partial charge in [-0.1, -0.05) is 57.0 Å². The third kappa shape index (κ3) is 4.15. The molecular formula is C16H21BrSi. The van der Waals surface area contributed by atoms with E-state index in [9.17, 15) is 0 Å². The third-order valence-corrected chi connectivity index (χ3v) is 9.04. The Bertz CT molecular complexity index is 439. The molecule has 18 heavy (non-hydrogen) atoms. The van der Waals surface area contributed by atoms with E-state index < -0.39 is 8.07 Å². The average molecular weight is 321 g/mol. The molecule has 0 atom stereocenters. The molecule has 0 amide bonds. The summed E-state index contributed by atoms with van der Waals surface area (Å²) in [5.41, 5.74) is 4.75. The standard InChI is InChI=1S/C16H21BrSi/c1-4-18(5-2,6-3)14-10-13-16(17)15-11-8-7-9-12-15/h7-9,11-13H,4-6H2,1-3H3/b16-13-. The predicted octanol–water partition coefficient (Wildman–Crippen LogP) is 5.47. The summed E-state index contributed by atoms with van der Waals surface area (Å²) in [6, 6.07) is 14.1. The van der Waals surface area contributed by atoms with Gasteiger partial charge in [0.15, 0.2) is 0 Å². The summed E-state index contributed by atoms with van der Waals surface area (Å²) < 4.78 is 1.07. The fourth-order valence-corrected chi connectivity index (χ4v) is 4.74. The molecule has 96 valence electrons. The van der Waals surface area contributed by atoms with Crippen molar-refractivity contribution in [1.82, 2.24) is 0 Å². The highest BCUT2D eigenvalue weighted by atomic mass is 79.9. The first-order chi connectivity index (χ1) is 8.67. The molecule has 0 saturated carbocycles. The van der Waals surface area contributed by atoms with E-state index in [0.29, 0.717) is 0 Å². The lowest BCUT2D eigenvalue weighted by atomic mass is 10.2. The van der Waals surface area contributed by atoms with E-state index in [1.807, 2.05) is 24.3 Å². The van der Waals surface area contributed by atoms with Crippen molar-refractivity contribution in [3.63, 3.8) is 0 Å². The van der Waals surface area contributed by atoms with Crippen molar-refractivity contribution in [2.45, 2.75) is 38.9 Å².